The van der Waals surface area contributed by atoms with E-state index in [0.29, 0.717) is 13.2 Å². The number of aliphatic imine (C=N–C) groups is 1. The number of guanidine groups is 1. The smallest absolute Gasteiger partial charge is 0.193 e. The van der Waals surface area contributed by atoms with Crippen LogP contribution in [-0.4, -0.2) is 85.1 Å². The molecule has 2 unspecified atom stereocenters. The van der Waals surface area contributed by atoms with Gasteiger partial charge in [-0.05, 0) is 11.6 Å². The van der Waals surface area contributed by atoms with Gasteiger partial charge in [-0.25, -0.2) is 0 Å². The molecule has 0 spiro atoms. The molecular formula is C22H31ClN6O2. The van der Waals surface area contributed by atoms with Crippen molar-refractivity contribution in [1.29, 1.82) is 0 Å². The highest BCUT2D eigenvalue weighted by Gasteiger charge is 2.28. The number of rotatable bonds is 5. The lowest BCUT2D eigenvalue weighted by Crippen LogP contribution is -2.50. The lowest BCUT2D eigenvalue weighted by Gasteiger charge is -2.38. The quantitative estimate of drug-likeness (QED) is 0.560. The van der Waals surface area contributed by atoms with Gasteiger partial charge in [-0.2, -0.15) is 5.10 Å². The summed E-state index contributed by atoms with van der Waals surface area (Å²) < 4.78 is 13.4. The van der Waals surface area contributed by atoms with E-state index < -0.39 is 0 Å². The number of halogens is 1. The van der Waals surface area contributed by atoms with E-state index in [0.717, 1.165) is 61.5 Å². The van der Waals surface area contributed by atoms with Gasteiger partial charge in [0.2, 0.25) is 0 Å². The summed E-state index contributed by atoms with van der Waals surface area (Å²) in [5.41, 5.74) is 2.22. The van der Waals surface area contributed by atoms with Crippen molar-refractivity contribution in [2.45, 2.75) is 12.1 Å². The third-order valence-corrected chi connectivity index (χ3v) is 6.22. The lowest BCUT2D eigenvalue weighted by atomic mass is 10.0. The van der Waals surface area contributed by atoms with Crippen molar-refractivity contribution in [2.75, 3.05) is 59.6 Å². The zero-order chi connectivity index (χ0) is 21.6. The molecule has 8 nitrogen and oxygen atoms in total. The molecule has 1 aromatic heterocycles. The molecule has 0 amide bonds. The lowest BCUT2D eigenvalue weighted by molar-refractivity contribution is -0.00853. The van der Waals surface area contributed by atoms with E-state index in [2.05, 4.69) is 31.3 Å². The fourth-order valence-electron chi connectivity index (χ4n) is 4.24. The first-order valence-corrected chi connectivity index (χ1v) is 11.2. The van der Waals surface area contributed by atoms with Crippen molar-refractivity contribution in [2.24, 2.45) is 12.0 Å². The molecule has 1 aromatic carbocycles. The Morgan fingerprint density at radius 3 is 2.77 bits per heavy atom. The zero-order valence-corrected chi connectivity index (χ0v) is 19.0. The van der Waals surface area contributed by atoms with E-state index in [4.69, 9.17) is 21.1 Å². The van der Waals surface area contributed by atoms with Crippen LogP contribution in [0.1, 0.15) is 23.3 Å². The van der Waals surface area contributed by atoms with Crippen molar-refractivity contribution in [3.8, 4) is 0 Å². The van der Waals surface area contributed by atoms with Gasteiger partial charge < -0.3 is 19.7 Å². The molecule has 0 aliphatic carbocycles. The number of nitrogens with one attached hydrogen (secondary N) is 1. The molecule has 0 saturated carbocycles. The molecule has 0 bridgehead atoms. The molecule has 3 heterocycles. The van der Waals surface area contributed by atoms with Crippen LogP contribution in [0.15, 0.2) is 41.7 Å². The summed E-state index contributed by atoms with van der Waals surface area (Å²) in [5, 5.41) is 8.67. The van der Waals surface area contributed by atoms with Gasteiger partial charge >= 0.3 is 0 Å². The maximum Gasteiger partial charge on any atom is 0.193 e. The largest absolute Gasteiger partial charge is 0.379 e. The van der Waals surface area contributed by atoms with Crippen LogP contribution in [0, 0.1) is 0 Å². The number of aryl methyl sites for hydroxylation is 1. The second-order valence-corrected chi connectivity index (χ2v) is 8.27. The summed E-state index contributed by atoms with van der Waals surface area (Å²) in [6.45, 7) is 6.15. The third kappa shape index (κ3) is 5.38. The van der Waals surface area contributed by atoms with Gasteiger partial charge in [-0.15, -0.1) is 0 Å². The molecule has 2 saturated heterocycles. The molecule has 1 N–H and O–H groups in total. The fraction of sp³-hybridized carbons (Fsp3) is 0.545. The average molecular weight is 447 g/mol. The van der Waals surface area contributed by atoms with Crippen LogP contribution >= 0.6 is 11.6 Å². The van der Waals surface area contributed by atoms with Gasteiger partial charge in [0.05, 0.1) is 38.6 Å². The molecule has 0 radical (unpaired) electrons. The van der Waals surface area contributed by atoms with Gasteiger partial charge in [-0.1, -0.05) is 29.8 Å². The third-order valence-electron chi connectivity index (χ3n) is 5.88. The van der Waals surface area contributed by atoms with Crippen LogP contribution in [0.4, 0.5) is 0 Å². The highest BCUT2D eigenvalue weighted by molar-refractivity contribution is 6.31. The Balaban J connectivity index is 1.45. The van der Waals surface area contributed by atoms with Gasteiger partial charge in [0, 0.05) is 57.1 Å². The number of morpholine rings is 2. The van der Waals surface area contributed by atoms with E-state index in [1.54, 1.807) is 4.68 Å². The van der Waals surface area contributed by atoms with E-state index >= 15 is 0 Å². The summed E-state index contributed by atoms with van der Waals surface area (Å²) in [4.78, 5) is 9.24. The number of ether oxygens (including phenoxy) is 2. The van der Waals surface area contributed by atoms with Crippen molar-refractivity contribution in [1.82, 2.24) is 24.9 Å². The monoisotopic (exact) mass is 446 g/mol. The van der Waals surface area contributed by atoms with Crippen LogP contribution in [-0.2, 0) is 16.5 Å². The maximum atomic E-state index is 6.57. The summed E-state index contributed by atoms with van der Waals surface area (Å²) in [7, 11) is 3.75. The Morgan fingerprint density at radius 2 is 2.06 bits per heavy atom. The van der Waals surface area contributed by atoms with Crippen LogP contribution in [0.5, 0.6) is 0 Å². The van der Waals surface area contributed by atoms with Crippen LogP contribution in [0.25, 0.3) is 0 Å². The molecule has 2 aromatic rings. The Bertz CT molecular complexity index is 882. The minimum atomic E-state index is -0.0143. The predicted molar refractivity (Wildman–Crippen MR) is 121 cm³/mol. The Hall–Kier alpha value is -2.13. The molecule has 9 heteroatoms. The van der Waals surface area contributed by atoms with Gasteiger partial charge in [-0.3, -0.25) is 14.6 Å². The van der Waals surface area contributed by atoms with E-state index in [1.807, 2.05) is 44.7 Å². The summed E-state index contributed by atoms with van der Waals surface area (Å²) in [6.07, 6.45) is 3.87. The maximum absolute atomic E-state index is 6.57. The van der Waals surface area contributed by atoms with Gasteiger partial charge in [0.15, 0.2) is 5.96 Å². The molecular weight excluding hydrogens is 416 g/mol. The summed E-state index contributed by atoms with van der Waals surface area (Å²) in [5.74, 6) is 0.877. The Labute approximate surface area is 188 Å². The first kappa shape index (κ1) is 22.1. The molecule has 2 aliphatic rings. The van der Waals surface area contributed by atoms with Crippen LogP contribution < -0.4 is 5.32 Å². The fourth-order valence-corrected chi connectivity index (χ4v) is 4.50. The first-order valence-electron chi connectivity index (χ1n) is 10.8. The summed E-state index contributed by atoms with van der Waals surface area (Å²) in [6, 6.07) is 8.23. The van der Waals surface area contributed by atoms with Crippen molar-refractivity contribution in [3.63, 3.8) is 0 Å². The van der Waals surface area contributed by atoms with Crippen LogP contribution in [0.2, 0.25) is 5.02 Å². The summed E-state index contributed by atoms with van der Waals surface area (Å²) >= 11 is 6.57. The molecule has 2 atom stereocenters. The topological polar surface area (TPSA) is 67.2 Å². The average Bonchev–Trinajstić information content (AvgIpc) is 3.25. The Morgan fingerprint density at radius 1 is 1.26 bits per heavy atom. The van der Waals surface area contributed by atoms with Crippen molar-refractivity contribution >= 4 is 17.6 Å². The van der Waals surface area contributed by atoms with E-state index in [-0.39, 0.29) is 12.1 Å². The zero-order valence-electron chi connectivity index (χ0n) is 18.2. The first-order chi connectivity index (χ1) is 15.2. The minimum Gasteiger partial charge on any atom is -0.379 e. The number of hydrogen-bond acceptors (Lipinski definition) is 5. The molecule has 2 aliphatic heterocycles. The SMILES string of the molecule is CN=C(NCC(c1ccccc1Cl)N1CCOCC1)N1CCOC(c2cnn(C)c2)C1. The predicted octanol–water partition coefficient (Wildman–Crippen LogP) is 2.10. The number of benzene rings is 1. The van der Waals surface area contributed by atoms with Gasteiger partial charge in [0.25, 0.3) is 0 Å². The van der Waals surface area contributed by atoms with E-state index in [1.165, 1.54) is 0 Å². The van der Waals surface area contributed by atoms with E-state index in [9.17, 15) is 0 Å². The van der Waals surface area contributed by atoms with Crippen molar-refractivity contribution in [3.05, 3.63) is 52.8 Å². The molecule has 2 fully saturated rings. The Kier molecular flexibility index (Phi) is 7.45. The second kappa shape index (κ2) is 10.5. The normalized spacial score (nSPS) is 21.8. The minimum absolute atomic E-state index is 0.0143. The number of nitrogens with zero attached hydrogens (tertiary/aromatic N) is 5. The highest BCUT2D eigenvalue weighted by Crippen LogP contribution is 2.28. The molecule has 31 heavy (non-hydrogen) atoms. The highest BCUT2D eigenvalue weighted by atomic mass is 35.5. The van der Waals surface area contributed by atoms with Gasteiger partial charge in [0.1, 0.15) is 6.10 Å². The van der Waals surface area contributed by atoms with Crippen molar-refractivity contribution < 1.29 is 9.47 Å². The number of aromatic nitrogens is 2. The molecule has 4 rings (SSSR count). The van der Waals surface area contributed by atoms with Crippen LogP contribution in [0.3, 0.4) is 0 Å². The number of hydrogen-bond donors (Lipinski definition) is 1. The second-order valence-electron chi connectivity index (χ2n) is 7.87. The molecule has 168 valence electrons. The standard InChI is InChI=1S/C22H31ClN6O2/c1-24-22(29-9-12-31-21(16-29)17-13-26-27(2)15-17)25-14-20(28-7-10-30-11-8-28)18-5-3-4-6-19(18)23/h3-6,13,15,20-21H,7-12,14,16H2,1-2H3,(H,24,25).